The number of carbonyl (C=O) groups is 1. The molecular formula is C25H29ClFN7O. The van der Waals surface area contributed by atoms with Crippen molar-refractivity contribution < 1.29 is 9.18 Å². The number of aryl methyl sites for hydroxylation is 1. The number of hydrogen-bond acceptors (Lipinski definition) is 6. The Labute approximate surface area is 208 Å². The second-order valence-electron chi connectivity index (χ2n) is 10.2. The standard InChI is InChI=1S/C25H29ClFN7O/c1-15-10-34-14-18(7-19(26)24(34)30-15)31-25(35)21-8-29-22(9-28-21)33-12-16(13-33)11-32-6-5-20(27)23(32)17-3-2-4-17/h7-10,14,16-17,20,23H,2-6,11-13H2,1H3,(H,31,35)/t20-,23?/m0/s1. The molecular weight excluding hydrogens is 469 g/mol. The first-order valence-corrected chi connectivity index (χ1v) is 12.7. The Kier molecular flexibility index (Phi) is 5.84. The Bertz CT molecular complexity index is 1240. The molecule has 2 atom stereocenters. The SMILES string of the molecule is Cc1cn2cc(NC(=O)c3cnc(N4CC(CN5CC[C@H](F)C5C5CCC5)C4)cn3)cc(Cl)c2n1. The lowest BCUT2D eigenvalue weighted by atomic mass is 9.78. The number of fused-ring (bicyclic) bond motifs is 1. The number of halogens is 2. The lowest BCUT2D eigenvalue weighted by molar-refractivity contribution is 0.0739. The summed E-state index contributed by atoms with van der Waals surface area (Å²) in [6.45, 7) is 5.48. The Hall–Kier alpha value is -2.78. The molecule has 0 bridgehead atoms. The topological polar surface area (TPSA) is 78.7 Å². The van der Waals surface area contributed by atoms with E-state index in [1.54, 1.807) is 22.9 Å². The zero-order valence-electron chi connectivity index (χ0n) is 19.7. The van der Waals surface area contributed by atoms with Gasteiger partial charge in [0.15, 0.2) is 5.65 Å². The number of likely N-dealkylation sites (tertiary alicyclic amines) is 1. The molecule has 1 unspecified atom stereocenters. The predicted molar refractivity (Wildman–Crippen MR) is 133 cm³/mol. The average molecular weight is 498 g/mol. The molecule has 1 saturated carbocycles. The largest absolute Gasteiger partial charge is 0.355 e. The Morgan fingerprint density at radius 3 is 2.74 bits per heavy atom. The number of hydrogen-bond donors (Lipinski definition) is 1. The second kappa shape index (κ2) is 9.02. The summed E-state index contributed by atoms with van der Waals surface area (Å²) in [7, 11) is 0. The van der Waals surface area contributed by atoms with Gasteiger partial charge in [-0.2, -0.15) is 0 Å². The molecule has 1 aliphatic carbocycles. The van der Waals surface area contributed by atoms with Gasteiger partial charge in [0.25, 0.3) is 5.91 Å². The van der Waals surface area contributed by atoms with E-state index < -0.39 is 6.17 Å². The second-order valence-corrected chi connectivity index (χ2v) is 10.6. The molecule has 0 aromatic carbocycles. The van der Waals surface area contributed by atoms with Crippen LogP contribution in [-0.2, 0) is 0 Å². The van der Waals surface area contributed by atoms with Crippen LogP contribution in [0.3, 0.4) is 0 Å². The van der Waals surface area contributed by atoms with Crippen LogP contribution in [0.4, 0.5) is 15.9 Å². The highest BCUT2D eigenvalue weighted by Gasteiger charge is 2.43. The molecule has 3 fully saturated rings. The molecule has 3 aromatic rings. The van der Waals surface area contributed by atoms with E-state index in [1.165, 1.54) is 25.5 Å². The van der Waals surface area contributed by atoms with Gasteiger partial charge in [-0.25, -0.2) is 19.3 Å². The normalized spacial score (nSPS) is 23.5. The van der Waals surface area contributed by atoms with Gasteiger partial charge in [-0.3, -0.25) is 9.69 Å². The van der Waals surface area contributed by atoms with Crippen LogP contribution >= 0.6 is 11.6 Å². The summed E-state index contributed by atoms with van der Waals surface area (Å²) < 4.78 is 16.2. The van der Waals surface area contributed by atoms with E-state index in [4.69, 9.17) is 11.6 Å². The smallest absolute Gasteiger partial charge is 0.275 e. The summed E-state index contributed by atoms with van der Waals surface area (Å²) in [5, 5.41) is 3.28. The van der Waals surface area contributed by atoms with Gasteiger partial charge in [0.05, 0.1) is 28.8 Å². The van der Waals surface area contributed by atoms with Crippen LogP contribution in [0.15, 0.2) is 30.9 Å². The third kappa shape index (κ3) is 4.36. The van der Waals surface area contributed by atoms with E-state index in [0.29, 0.717) is 34.6 Å². The lowest BCUT2D eigenvalue weighted by Gasteiger charge is -2.44. The van der Waals surface area contributed by atoms with Crippen molar-refractivity contribution in [3.63, 3.8) is 0 Å². The first kappa shape index (κ1) is 22.7. The lowest BCUT2D eigenvalue weighted by Crippen LogP contribution is -2.54. The predicted octanol–water partition coefficient (Wildman–Crippen LogP) is 3.99. The minimum absolute atomic E-state index is 0.129. The van der Waals surface area contributed by atoms with Crippen molar-refractivity contribution in [1.82, 2.24) is 24.3 Å². The number of nitrogens with one attached hydrogen (secondary N) is 1. The Morgan fingerprint density at radius 1 is 1.20 bits per heavy atom. The zero-order chi connectivity index (χ0) is 24.1. The summed E-state index contributed by atoms with van der Waals surface area (Å²) in [6, 6.07) is 1.80. The van der Waals surface area contributed by atoms with Gasteiger partial charge < -0.3 is 14.6 Å². The average Bonchev–Trinajstić information content (AvgIpc) is 3.32. The number of alkyl halides is 1. The number of aromatic nitrogens is 4. The quantitative estimate of drug-likeness (QED) is 0.555. The van der Waals surface area contributed by atoms with Gasteiger partial charge in [0.1, 0.15) is 17.7 Å². The van der Waals surface area contributed by atoms with E-state index in [2.05, 4.69) is 30.1 Å². The van der Waals surface area contributed by atoms with Crippen molar-refractivity contribution in [3.8, 4) is 0 Å². The monoisotopic (exact) mass is 497 g/mol. The minimum Gasteiger partial charge on any atom is -0.355 e. The maximum atomic E-state index is 14.4. The summed E-state index contributed by atoms with van der Waals surface area (Å²) in [5.41, 5.74) is 2.28. The van der Waals surface area contributed by atoms with Gasteiger partial charge in [-0.05, 0) is 38.2 Å². The molecule has 2 saturated heterocycles. The van der Waals surface area contributed by atoms with E-state index in [0.717, 1.165) is 37.7 Å². The number of amides is 1. The van der Waals surface area contributed by atoms with E-state index in [9.17, 15) is 9.18 Å². The van der Waals surface area contributed by atoms with Crippen LogP contribution in [0.5, 0.6) is 0 Å². The molecule has 10 heteroatoms. The summed E-state index contributed by atoms with van der Waals surface area (Å²) >= 11 is 6.30. The number of pyridine rings is 1. The number of nitrogens with zero attached hydrogens (tertiary/aromatic N) is 6. The van der Waals surface area contributed by atoms with Crippen molar-refractivity contribution in [3.05, 3.63) is 47.3 Å². The minimum atomic E-state index is -0.664. The summed E-state index contributed by atoms with van der Waals surface area (Å²) in [6.07, 6.45) is 10.4. The molecule has 35 heavy (non-hydrogen) atoms. The third-order valence-corrected chi connectivity index (χ3v) is 7.92. The van der Waals surface area contributed by atoms with Gasteiger partial charge >= 0.3 is 0 Å². The molecule has 0 spiro atoms. The van der Waals surface area contributed by atoms with E-state index in [-0.39, 0.29) is 17.6 Å². The number of rotatable bonds is 6. The molecule has 2 aliphatic heterocycles. The molecule has 1 amide bonds. The molecule has 184 valence electrons. The summed E-state index contributed by atoms with van der Waals surface area (Å²) in [4.78, 5) is 30.4. The maximum absolute atomic E-state index is 14.4. The van der Waals surface area contributed by atoms with Crippen LogP contribution < -0.4 is 10.2 Å². The number of imidazole rings is 1. The summed E-state index contributed by atoms with van der Waals surface area (Å²) in [5.74, 6) is 1.47. The molecule has 1 N–H and O–H groups in total. The van der Waals surface area contributed by atoms with Crippen LogP contribution in [0, 0.1) is 18.8 Å². The zero-order valence-corrected chi connectivity index (χ0v) is 20.5. The van der Waals surface area contributed by atoms with Gasteiger partial charge in [-0.15, -0.1) is 0 Å². The fourth-order valence-electron chi connectivity index (χ4n) is 5.67. The van der Waals surface area contributed by atoms with Crippen LogP contribution in [-0.4, -0.2) is 68.6 Å². The molecule has 3 aliphatic rings. The van der Waals surface area contributed by atoms with Crippen LogP contribution in [0.2, 0.25) is 5.02 Å². The van der Waals surface area contributed by atoms with Crippen molar-refractivity contribution >= 4 is 34.7 Å². The highest BCUT2D eigenvalue weighted by molar-refractivity contribution is 6.33. The van der Waals surface area contributed by atoms with Gasteiger partial charge in [-0.1, -0.05) is 18.0 Å². The molecule has 3 aromatic heterocycles. The van der Waals surface area contributed by atoms with E-state index in [1.807, 2.05) is 13.1 Å². The van der Waals surface area contributed by atoms with Crippen molar-refractivity contribution in [1.29, 1.82) is 0 Å². The Balaban J connectivity index is 1.04. The van der Waals surface area contributed by atoms with Crippen molar-refractivity contribution in [2.75, 3.05) is 36.4 Å². The fourth-order valence-corrected chi connectivity index (χ4v) is 5.93. The van der Waals surface area contributed by atoms with Crippen LogP contribution in [0.25, 0.3) is 5.65 Å². The van der Waals surface area contributed by atoms with Gasteiger partial charge in [0, 0.05) is 50.5 Å². The van der Waals surface area contributed by atoms with Crippen molar-refractivity contribution in [2.45, 2.75) is 44.8 Å². The molecule has 0 radical (unpaired) electrons. The fraction of sp³-hybridized carbons (Fsp3) is 0.520. The Morgan fingerprint density at radius 2 is 2.03 bits per heavy atom. The first-order chi connectivity index (χ1) is 16.9. The van der Waals surface area contributed by atoms with Crippen LogP contribution in [0.1, 0.15) is 41.9 Å². The maximum Gasteiger partial charge on any atom is 0.275 e. The highest BCUT2D eigenvalue weighted by Crippen LogP contribution is 2.39. The van der Waals surface area contributed by atoms with Crippen molar-refractivity contribution in [2.24, 2.45) is 11.8 Å². The number of carbonyl (C=O) groups excluding carboxylic acids is 1. The molecule has 6 rings (SSSR count). The number of anilines is 2. The first-order valence-electron chi connectivity index (χ1n) is 12.4. The highest BCUT2D eigenvalue weighted by atomic mass is 35.5. The molecule has 5 heterocycles. The third-order valence-electron chi connectivity index (χ3n) is 7.65. The molecule has 8 nitrogen and oxygen atoms in total. The van der Waals surface area contributed by atoms with Gasteiger partial charge in [0.2, 0.25) is 0 Å². The van der Waals surface area contributed by atoms with E-state index >= 15 is 0 Å².